The summed E-state index contributed by atoms with van der Waals surface area (Å²) in [5, 5.41) is 1.83. The predicted octanol–water partition coefficient (Wildman–Crippen LogP) is 1.53. The van der Waals surface area contributed by atoms with E-state index in [1.165, 1.54) is 0 Å². The maximum atomic E-state index is 5.84. The van der Waals surface area contributed by atoms with Crippen molar-refractivity contribution in [2.75, 3.05) is 39.8 Å². The van der Waals surface area contributed by atoms with Crippen molar-refractivity contribution in [2.24, 2.45) is 8.76 Å². The molecule has 0 aromatic carbocycles. The van der Waals surface area contributed by atoms with E-state index >= 15 is 0 Å². The first kappa shape index (κ1) is 12.9. The first-order valence-electron chi connectivity index (χ1n) is 6.74. The van der Waals surface area contributed by atoms with Crippen molar-refractivity contribution in [2.45, 2.75) is 12.8 Å². The third-order valence-corrected chi connectivity index (χ3v) is 4.67. The maximum Gasteiger partial charge on any atom is 0.184 e. The van der Waals surface area contributed by atoms with Crippen LogP contribution in [-0.4, -0.2) is 55.3 Å². The van der Waals surface area contributed by atoms with Gasteiger partial charge in [-0.15, -0.1) is 0 Å². The smallest absolute Gasteiger partial charge is 0.184 e. The molecule has 0 saturated carbocycles. The molecule has 2 saturated heterocycles. The molecule has 0 aromatic heterocycles. The Hall–Kier alpha value is -1.14. The Morgan fingerprint density at radius 1 is 1.32 bits per heavy atom. The maximum absolute atomic E-state index is 5.84. The number of hydrogen-bond donors (Lipinski definition) is 0. The highest BCUT2D eigenvalue weighted by atomic mass is 32.2. The molecule has 3 heterocycles. The zero-order valence-corrected chi connectivity index (χ0v) is 12.2. The number of rotatable bonds is 2. The standard InChI is InChI=1S/C13H20N4OS/c1-3-19-14-11-5-4-10-18-12(11)13(15-19)17-8-6-16(2)7-9-17/h3H,1,4-10H2,2H3. The Balaban J connectivity index is 1.92. The van der Waals surface area contributed by atoms with E-state index in [4.69, 9.17) is 9.10 Å². The van der Waals surface area contributed by atoms with Gasteiger partial charge in [-0.25, -0.2) is 4.40 Å². The lowest BCUT2D eigenvalue weighted by Gasteiger charge is -2.36. The van der Waals surface area contributed by atoms with Crippen molar-refractivity contribution in [1.82, 2.24) is 9.80 Å². The average molecular weight is 280 g/mol. The number of allylic oxidation sites excluding steroid dienone is 1. The van der Waals surface area contributed by atoms with Gasteiger partial charge in [0.15, 0.2) is 11.6 Å². The van der Waals surface area contributed by atoms with Crippen molar-refractivity contribution >= 4 is 16.6 Å². The zero-order chi connectivity index (χ0) is 13.2. The number of nitrogens with zero attached hydrogens (tertiary/aromatic N) is 4. The molecule has 104 valence electrons. The number of piperazine rings is 1. The summed E-state index contributed by atoms with van der Waals surface area (Å²) < 4.78 is 15.2. The van der Waals surface area contributed by atoms with E-state index in [1.54, 1.807) is 0 Å². The minimum absolute atomic E-state index is 0.427. The van der Waals surface area contributed by atoms with Crippen LogP contribution in [0.25, 0.3) is 0 Å². The van der Waals surface area contributed by atoms with Crippen LogP contribution in [-0.2, 0) is 15.6 Å². The van der Waals surface area contributed by atoms with E-state index in [0.717, 1.165) is 62.9 Å². The molecule has 1 atom stereocenters. The second-order valence-electron chi connectivity index (χ2n) is 4.98. The molecule has 3 rings (SSSR count). The Bertz CT molecular complexity index is 475. The van der Waals surface area contributed by atoms with E-state index in [1.807, 2.05) is 5.41 Å². The summed E-state index contributed by atoms with van der Waals surface area (Å²) in [6.07, 6.45) is 2.05. The molecule has 0 bridgehead atoms. The lowest BCUT2D eigenvalue weighted by atomic mass is 10.1. The molecule has 1 unspecified atom stereocenters. The fraction of sp³-hybridized carbons (Fsp3) is 0.615. The number of hydrogen-bond acceptors (Lipinski definition) is 5. The molecule has 0 spiro atoms. The second-order valence-corrected chi connectivity index (χ2v) is 6.27. The van der Waals surface area contributed by atoms with Gasteiger partial charge in [0.2, 0.25) is 0 Å². The van der Waals surface area contributed by atoms with Crippen molar-refractivity contribution < 1.29 is 4.74 Å². The molecule has 0 aliphatic carbocycles. The summed E-state index contributed by atoms with van der Waals surface area (Å²) in [5.41, 5.74) is 1.08. The molecule has 6 heteroatoms. The molecule has 3 aliphatic rings. The van der Waals surface area contributed by atoms with E-state index < -0.39 is 10.9 Å². The highest BCUT2D eigenvalue weighted by Gasteiger charge is 2.28. The average Bonchev–Trinajstić information content (AvgIpc) is 2.47. The number of fused-ring (bicyclic) bond motifs is 1. The summed E-state index contributed by atoms with van der Waals surface area (Å²) in [6.45, 7) is 8.76. The van der Waals surface area contributed by atoms with Crippen LogP contribution in [0.2, 0.25) is 0 Å². The van der Waals surface area contributed by atoms with Gasteiger partial charge >= 0.3 is 0 Å². The van der Waals surface area contributed by atoms with Crippen LogP contribution < -0.4 is 0 Å². The highest BCUT2D eigenvalue weighted by molar-refractivity contribution is 7.89. The number of likely N-dealkylation sites (N-methyl/N-ethyl adjacent to an activating group) is 1. The fourth-order valence-electron chi connectivity index (χ4n) is 2.45. The summed E-state index contributed by atoms with van der Waals surface area (Å²) in [5.74, 6) is 1.92. The van der Waals surface area contributed by atoms with Gasteiger partial charge in [-0.1, -0.05) is 6.58 Å². The van der Waals surface area contributed by atoms with Crippen molar-refractivity contribution in [1.29, 1.82) is 0 Å². The van der Waals surface area contributed by atoms with Crippen molar-refractivity contribution in [3.63, 3.8) is 0 Å². The molecule has 0 N–H and O–H groups in total. The quantitative estimate of drug-likeness (QED) is 0.770. The third kappa shape index (κ3) is 2.60. The minimum atomic E-state index is -0.427. The van der Waals surface area contributed by atoms with E-state index in [-0.39, 0.29) is 0 Å². The van der Waals surface area contributed by atoms with Gasteiger partial charge in [-0.2, -0.15) is 4.36 Å². The Labute approximate surface area is 116 Å². The van der Waals surface area contributed by atoms with Gasteiger partial charge < -0.3 is 14.5 Å². The zero-order valence-electron chi connectivity index (χ0n) is 11.3. The lowest BCUT2D eigenvalue weighted by Crippen LogP contribution is -2.44. The third-order valence-electron chi connectivity index (χ3n) is 3.61. The van der Waals surface area contributed by atoms with Gasteiger partial charge in [-0.3, -0.25) is 0 Å². The van der Waals surface area contributed by atoms with Crippen LogP contribution in [0.15, 0.2) is 32.3 Å². The summed E-state index contributed by atoms with van der Waals surface area (Å²) in [6, 6.07) is 0. The van der Waals surface area contributed by atoms with E-state index in [2.05, 4.69) is 27.8 Å². The van der Waals surface area contributed by atoms with Crippen LogP contribution in [0.5, 0.6) is 0 Å². The topological polar surface area (TPSA) is 40.4 Å². The fourth-order valence-corrected chi connectivity index (χ4v) is 3.41. The number of ether oxygens (including phenoxy) is 1. The molecule has 5 nitrogen and oxygen atoms in total. The molecule has 3 aliphatic heterocycles. The SMILES string of the molecule is C=CS1=NC(N2CCN(C)CC2)=C2OCCCC2=N1. The van der Waals surface area contributed by atoms with E-state index in [0.29, 0.717) is 0 Å². The van der Waals surface area contributed by atoms with Crippen molar-refractivity contribution in [3.8, 4) is 0 Å². The Morgan fingerprint density at radius 2 is 2.11 bits per heavy atom. The molecular formula is C13H20N4OS. The van der Waals surface area contributed by atoms with Crippen LogP contribution in [0.3, 0.4) is 0 Å². The molecular weight excluding hydrogens is 260 g/mol. The first-order valence-corrected chi connectivity index (χ1v) is 7.94. The molecule has 0 amide bonds. The normalized spacial score (nSPS) is 28.2. The van der Waals surface area contributed by atoms with Crippen LogP contribution in [0, 0.1) is 0 Å². The monoisotopic (exact) mass is 280 g/mol. The predicted molar refractivity (Wildman–Crippen MR) is 78.7 cm³/mol. The van der Waals surface area contributed by atoms with Crippen LogP contribution >= 0.6 is 0 Å². The first-order chi connectivity index (χ1) is 9.28. The van der Waals surface area contributed by atoms with Gasteiger partial charge in [0.05, 0.1) is 12.3 Å². The largest absolute Gasteiger partial charge is 0.488 e. The molecule has 0 radical (unpaired) electrons. The van der Waals surface area contributed by atoms with Crippen LogP contribution in [0.1, 0.15) is 12.8 Å². The Kier molecular flexibility index (Phi) is 3.70. The minimum Gasteiger partial charge on any atom is -0.488 e. The van der Waals surface area contributed by atoms with Gasteiger partial charge in [-0.05, 0) is 25.3 Å². The summed E-state index contributed by atoms with van der Waals surface area (Å²) in [4.78, 5) is 4.67. The van der Waals surface area contributed by atoms with Gasteiger partial charge in [0, 0.05) is 37.1 Å². The van der Waals surface area contributed by atoms with Crippen LogP contribution in [0.4, 0.5) is 0 Å². The Morgan fingerprint density at radius 3 is 2.84 bits per heavy atom. The summed E-state index contributed by atoms with van der Waals surface area (Å²) in [7, 11) is 1.73. The van der Waals surface area contributed by atoms with Crippen molar-refractivity contribution in [3.05, 3.63) is 23.6 Å². The summed E-state index contributed by atoms with van der Waals surface area (Å²) >= 11 is 0. The van der Waals surface area contributed by atoms with Gasteiger partial charge in [0.1, 0.15) is 0 Å². The highest BCUT2D eigenvalue weighted by Crippen LogP contribution is 2.27. The van der Waals surface area contributed by atoms with Gasteiger partial charge in [0.25, 0.3) is 0 Å². The van der Waals surface area contributed by atoms with E-state index in [9.17, 15) is 0 Å². The molecule has 2 fully saturated rings. The lowest BCUT2D eigenvalue weighted by molar-refractivity contribution is 0.161. The molecule has 19 heavy (non-hydrogen) atoms. The second kappa shape index (κ2) is 5.46. The molecule has 0 aromatic rings.